The van der Waals surface area contributed by atoms with Crippen LogP contribution in [0.2, 0.25) is 0 Å². The third kappa shape index (κ3) is 1.19. The predicted octanol–water partition coefficient (Wildman–Crippen LogP) is 1.14. The molecule has 3 nitrogen and oxygen atoms in total. The Morgan fingerprint density at radius 2 is 2.36 bits per heavy atom. The van der Waals surface area contributed by atoms with Crippen LogP contribution in [-0.4, -0.2) is 18.4 Å². The molecule has 2 rings (SSSR count). The van der Waals surface area contributed by atoms with Crippen LogP contribution in [0.5, 0.6) is 0 Å². The van der Waals surface area contributed by atoms with Crippen LogP contribution < -0.4 is 4.90 Å². The molecule has 3 heteroatoms. The van der Waals surface area contributed by atoms with Gasteiger partial charge in [0.2, 0.25) is 0 Å². The Bertz CT molecular complexity index is 258. The van der Waals surface area contributed by atoms with E-state index in [1.54, 1.807) is 0 Å². The van der Waals surface area contributed by atoms with Gasteiger partial charge in [0.05, 0.1) is 0 Å². The maximum absolute atomic E-state index is 5.02. The van der Waals surface area contributed by atoms with Crippen LogP contribution in [0.25, 0.3) is 0 Å². The first kappa shape index (κ1) is 6.61. The highest BCUT2D eigenvalue weighted by Gasteiger charge is 2.15. The van der Waals surface area contributed by atoms with Gasteiger partial charge in [0, 0.05) is 6.20 Å². The van der Waals surface area contributed by atoms with Gasteiger partial charge in [-0.1, -0.05) is 0 Å². The van der Waals surface area contributed by atoms with Crippen molar-refractivity contribution < 1.29 is 4.74 Å². The lowest BCUT2D eigenvalue weighted by Gasteiger charge is -2.31. The second-order valence-electron chi connectivity index (χ2n) is 2.69. The Morgan fingerprint density at radius 3 is 2.91 bits per heavy atom. The molecule has 1 saturated heterocycles. The van der Waals surface area contributed by atoms with Gasteiger partial charge >= 0.3 is 0 Å². The van der Waals surface area contributed by atoms with Crippen LogP contribution >= 0.6 is 0 Å². The zero-order chi connectivity index (χ0) is 7.68. The Hall–Kier alpha value is -1.09. The first-order valence-electron chi connectivity index (χ1n) is 3.61. The number of ether oxygens (including phenoxy) is 1. The van der Waals surface area contributed by atoms with Crippen molar-refractivity contribution in [2.24, 2.45) is 0 Å². The van der Waals surface area contributed by atoms with E-state index in [0.717, 1.165) is 5.82 Å². The van der Waals surface area contributed by atoms with Gasteiger partial charge in [0.1, 0.15) is 19.3 Å². The minimum Gasteiger partial charge on any atom is -0.341 e. The maximum Gasteiger partial charge on any atom is 0.132 e. The van der Waals surface area contributed by atoms with Crippen molar-refractivity contribution in [3.05, 3.63) is 23.9 Å². The van der Waals surface area contributed by atoms with E-state index in [0.29, 0.717) is 13.5 Å². The van der Waals surface area contributed by atoms with Gasteiger partial charge in [-0.25, -0.2) is 4.98 Å². The third-order valence-corrected chi connectivity index (χ3v) is 1.72. The quantitative estimate of drug-likeness (QED) is 0.600. The smallest absolute Gasteiger partial charge is 0.132 e. The highest BCUT2D eigenvalue weighted by atomic mass is 16.5. The Balaban J connectivity index is 2.23. The van der Waals surface area contributed by atoms with E-state index in [2.05, 4.69) is 22.9 Å². The summed E-state index contributed by atoms with van der Waals surface area (Å²) in [6.45, 7) is 3.42. The van der Waals surface area contributed by atoms with Crippen molar-refractivity contribution in [1.29, 1.82) is 0 Å². The fourth-order valence-corrected chi connectivity index (χ4v) is 1.01. The minimum absolute atomic E-state index is 0.677. The topological polar surface area (TPSA) is 25.4 Å². The fourth-order valence-electron chi connectivity index (χ4n) is 1.01. The van der Waals surface area contributed by atoms with E-state index in [1.807, 2.05) is 12.3 Å². The molecule has 0 atom stereocenters. The average molecular weight is 150 g/mol. The molecule has 2 heterocycles. The van der Waals surface area contributed by atoms with E-state index in [9.17, 15) is 0 Å². The molecule has 0 radical (unpaired) electrons. The van der Waals surface area contributed by atoms with Crippen LogP contribution in [0, 0.1) is 6.92 Å². The van der Waals surface area contributed by atoms with E-state index >= 15 is 0 Å². The number of aromatic nitrogens is 1. The van der Waals surface area contributed by atoms with Crippen LogP contribution in [0.4, 0.5) is 5.82 Å². The van der Waals surface area contributed by atoms with Crippen LogP contribution in [-0.2, 0) is 4.74 Å². The van der Waals surface area contributed by atoms with Gasteiger partial charge in [-0.3, -0.25) is 0 Å². The molecule has 1 fully saturated rings. The number of hydrogen-bond acceptors (Lipinski definition) is 3. The number of aryl methyl sites for hydroxylation is 1. The molecular formula is C8H10N2O. The number of nitrogens with zero attached hydrogens (tertiary/aromatic N) is 2. The van der Waals surface area contributed by atoms with Gasteiger partial charge in [-0.15, -0.1) is 0 Å². The van der Waals surface area contributed by atoms with Crippen molar-refractivity contribution in [3.63, 3.8) is 0 Å². The Labute approximate surface area is 65.6 Å². The molecule has 0 N–H and O–H groups in total. The molecule has 0 bridgehead atoms. The second-order valence-corrected chi connectivity index (χ2v) is 2.69. The first-order chi connectivity index (χ1) is 5.36. The SMILES string of the molecule is Cc1ccnc(N2COC2)c1. The lowest BCUT2D eigenvalue weighted by molar-refractivity contribution is 0.0396. The van der Waals surface area contributed by atoms with Crippen molar-refractivity contribution in [2.75, 3.05) is 18.4 Å². The lowest BCUT2D eigenvalue weighted by Crippen LogP contribution is -2.40. The molecule has 0 saturated carbocycles. The Morgan fingerprint density at radius 1 is 1.55 bits per heavy atom. The molecule has 0 aliphatic carbocycles. The number of rotatable bonds is 1. The summed E-state index contributed by atoms with van der Waals surface area (Å²) in [4.78, 5) is 6.28. The maximum atomic E-state index is 5.02. The summed E-state index contributed by atoms with van der Waals surface area (Å²) in [5.41, 5.74) is 1.24. The molecule has 0 amide bonds. The molecule has 1 aliphatic heterocycles. The van der Waals surface area contributed by atoms with E-state index in [1.165, 1.54) is 5.56 Å². The molecule has 1 aromatic rings. The minimum atomic E-state index is 0.677. The van der Waals surface area contributed by atoms with Gasteiger partial charge in [0.15, 0.2) is 0 Å². The van der Waals surface area contributed by atoms with Crippen LogP contribution in [0.3, 0.4) is 0 Å². The highest BCUT2D eigenvalue weighted by molar-refractivity contribution is 5.40. The average Bonchev–Trinajstić information content (AvgIpc) is 1.83. The van der Waals surface area contributed by atoms with Gasteiger partial charge in [0.25, 0.3) is 0 Å². The normalized spacial score (nSPS) is 16.3. The van der Waals surface area contributed by atoms with E-state index in [-0.39, 0.29) is 0 Å². The van der Waals surface area contributed by atoms with E-state index in [4.69, 9.17) is 4.74 Å². The van der Waals surface area contributed by atoms with Gasteiger partial charge in [-0.2, -0.15) is 0 Å². The molecule has 0 spiro atoms. The van der Waals surface area contributed by atoms with Gasteiger partial charge < -0.3 is 9.64 Å². The first-order valence-corrected chi connectivity index (χ1v) is 3.61. The summed E-state index contributed by atoms with van der Waals surface area (Å²) < 4.78 is 5.02. The summed E-state index contributed by atoms with van der Waals surface area (Å²) in [6.07, 6.45) is 1.82. The lowest BCUT2D eigenvalue weighted by atomic mass is 10.3. The second kappa shape index (κ2) is 2.51. The number of hydrogen-bond donors (Lipinski definition) is 0. The summed E-state index contributed by atoms with van der Waals surface area (Å²) in [5, 5.41) is 0. The van der Waals surface area contributed by atoms with Gasteiger partial charge in [-0.05, 0) is 24.6 Å². The molecule has 0 unspecified atom stereocenters. The van der Waals surface area contributed by atoms with Crippen LogP contribution in [0.15, 0.2) is 18.3 Å². The van der Waals surface area contributed by atoms with Crippen molar-refractivity contribution in [2.45, 2.75) is 6.92 Å². The van der Waals surface area contributed by atoms with Crippen molar-refractivity contribution in [1.82, 2.24) is 4.98 Å². The monoisotopic (exact) mass is 150 g/mol. The fraction of sp³-hybridized carbons (Fsp3) is 0.375. The molecule has 1 aromatic heterocycles. The third-order valence-electron chi connectivity index (χ3n) is 1.72. The standard InChI is InChI=1S/C8H10N2O/c1-7-2-3-9-8(4-7)10-5-11-6-10/h2-4H,5-6H2,1H3. The number of pyridine rings is 1. The Kier molecular flexibility index (Phi) is 1.51. The summed E-state index contributed by atoms with van der Waals surface area (Å²) in [5.74, 6) is 1.01. The molecule has 58 valence electrons. The van der Waals surface area contributed by atoms with Crippen LogP contribution in [0.1, 0.15) is 5.56 Å². The van der Waals surface area contributed by atoms with Crippen molar-refractivity contribution >= 4 is 5.82 Å². The summed E-state index contributed by atoms with van der Waals surface area (Å²) in [7, 11) is 0. The molecular weight excluding hydrogens is 140 g/mol. The number of anilines is 1. The zero-order valence-corrected chi connectivity index (χ0v) is 6.45. The largest absolute Gasteiger partial charge is 0.341 e. The summed E-state index contributed by atoms with van der Waals surface area (Å²) >= 11 is 0. The predicted molar refractivity (Wildman–Crippen MR) is 42.3 cm³/mol. The molecule has 0 aromatic carbocycles. The zero-order valence-electron chi connectivity index (χ0n) is 6.45. The van der Waals surface area contributed by atoms with E-state index < -0.39 is 0 Å². The molecule has 11 heavy (non-hydrogen) atoms. The molecule has 1 aliphatic rings. The summed E-state index contributed by atoms with van der Waals surface area (Å²) in [6, 6.07) is 4.05. The van der Waals surface area contributed by atoms with Crippen molar-refractivity contribution in [3.8, 4) is 0 Å². The highest BCUT2D eigenvalue weighted by Crippen LogP contribution is 2.15.